The van der Waals surface area contributed by atoms with Crippen LogP contribution in [0.1, 0.15) is 54.6 Å². The third kappa shape index (κ3) is 5.83. The SMILES string of the molecule is COc1ncnc(C2CC2)c1-c1ncc2cc(-c3cnn(CCO)c3)c(=O)n(Cc3ccc(-c4nc(C(F)(F)F)cn4C4CC4)cc3)c2n1. The van der Waals surface area contributed by atoms with Gasteiger partial charge in [-0.3, -0.25) is 14.0 Å². The maximum Gasteiger partial charge on any atom is 0.434 e. The van der Waals surface area contributed by atoms with Gasteiger partial charge in [-0.15, -0.1) is 0 Å². The minimum absolute atomic E-state index is 0.00404. The third-order valence-corrected chi connectivity index (χ3v) is 8.84. The van der Waals surface area contributed by atoms with Crippen LogP contribution in [-0.2, 0) is 19.3 Å². The lowest BCUT2D eigenvalue weighted by molar-refractivity contribution is -0.140. The first-order valence-corrected chi connectivity index (χ1v) is 15.9. The molecular formula is C34H30F3N9O3. The zero-order chi connectivity index (χ0) is 33.9. The molecule has 49 heavy (non-hydrogen) atoms. The summed E-state index contributed by atoms with van der Waals surface area (Å²) in [7, 11) is 1.52. The first kappa shape index (κ1) is 30.9. The number of aliphatic hydroxyl groups excluding tert-OH is 1. The first-order chi connectivity index (χ1) is 23.7. The van der Waals surface area contributed by atoms with Crippen LogP contribution in [0, 0.1) is 0 Å². The third-order valence-electron chi connectivity index (χ3n) is 8.84. The number of aromatic nitrogens is 9. The fourth-order valence-electron chi connectivity index (χ4n) is 6.09. The Kier molecular flexibility index (Phi) is 7.50. The Morgan fingerprint density at radius 2 is 1.78 bits per heavy atom. The zero-order valence-corrected chi connectivity index (χ0v) is 26.3. The molecule has 12 nitrogen and oxygen atoms in total. The Morgan fingerprint density at radius 3 is 2.47 bits per heavy atom. The molecule has 1 N–H and O–H groups in total. The summed E-state index contributed by atoms with van der Waals surface area (Å²) < 4.78 is 50.9. The summed E-state index contributed by atoms with van der Waals surface area (Å²) in [5, 5.41) is 14.2. The van der Waals surface area contributed by atoms with Crippen molar-refractivity contribution in [1.29, 1.82) is 0 Å². The highest BCUT2D eigenvalue weighted by atomic mass is 19.4. The molecule has 1 aromatic carbocycles. The largest absolute Gasteiger partial charge is 0.480 e. The molecule has 2 fully saturated rings. The molecule has 6 aromatic rings. The zero-order valence-electron chi connectivity index (χ0n) is 26.3. The quantitative estimate of drug-likeness (QED) is 0.207. The number of fused-ring (bicyclic) bond motifs is 1. The van der Waals surface area contributed by atoms with Gasteiger partial charge in [-0.25, -0.2) is 24.9 Å². The van der Waals surface area contributed by atoms with Gasteiger partial charge >= 0.3 is 6.18 Å². The van der Waals surface area contributed by atoms with E-state index in [0.29, 0.717) is 45.0 Å². The molecule has 5 aromatic heterocycles. The lowest BCUT2D eigenvalue weighted by Crippen LogP contribution is -2.24. The van der Waals surface area contributed by atoms with Gasteiger partial charge < -0.3 is 14.4 Å². The number of aliphatic hydroxyl groups is 1. The summed E-state index contributed by atoms with van der Waals surface area (Å²) in [6.45, 7) is 0.269. The number of imidazole rings is 1. The molecule has 8 rings (SSSR count). The van der Waals surface area contributed by atoms with E-state index in [1.807, 2.05) is 0 Å². The first-order valence-electron chi connectivity index (χ1n) is 15.9. The Hall–Kier alpha value is -5.44. The molecule has 2 aliphatic carbocycles. The van der Waals surface area contributed by atoms with E-state index >= 15 is 0 Å². The minimum Gasteiger partial charge on any atom is -0.480 e. The van der Waals surface area contributed by atoms with Gasteiger partial charge in [0.1, 0.15) is 23.4 Å². The van der Waals surface area contributed by atoms with Gasteiger partial charge in [-0.05, 0) is 37.3 Å². The highest BCUT2D eigenvalue weighted by molar-refractivity contribution is 5.82. The number of hydrogen-bond donors (Lipinski definition) is 1. The Morgan fingerprint density at radius 1 is 0.980 bits per heavy atom. The molecule has 0 spiro atoms. The summed E-state index contributed by atoms with van der Waals surface area (Å²) in [5.41, 5.74) is 2.70. The molecule has 5 heterocycles. The molecule has 0 aliphatic heterocycles. The highest BCUT2D eigenvalue weighted by Gasteiger charge is 2.37. The van der Waals surface area contributed by atoms with E-state index in [1.54, 1.807) is 62.7 Å². The fourth-order valence-corrected chi connectivity index (χ4v) is 6.09. The molecule has 0 saturated heterocycles. The number of hydrogen-bond acceptors (Lipinski definition) is 9. The van der Waals surface area contributed by atoms with Crippen molar-refractivity contribution in [3.05, 3.63) is 88.8 Å². The van der Waals surface area contributed by atoms with Crippen molar-refractivity contribution in [3.8, 4) is 39.8 Å². The second-order valence-electron chi connectivity index (χ2n) is 12.3. The van der Waals surface area contributed by atoms with Crippen molar-refractivity contribution in [2.45, 2.75) is 56.9 Å². The predicted octanol–water partition coefficient (Wildman–Crippen LogP) is 5.26. The molecule has 2 aliphatic rings. The van der Waals surface area contributed by atoms with E-state index in [4.69, 9.17) is 9.72 Å². The molecule has 0 radical (unpaired) electrons. The lowest BCUT2D eigenvalue weighted by atomic mass is 10.1. The monoisotopic (exact) mass is 669 g/mol. The van der Waals surface area contributed by atoms with Crippen LogP contribution < -0.4 is 10.3 Å². The van der Waals surface area contributed by atoms with Crippen LogP contribution in [0.15, 0.2) is 66.2 Å². The molecule has 0 atom stereocenters. The number of alkyl halides is 3. The van der Waals surface area contributed by atoms with E-state index in [1.165, 1.54) is 13.4 Å². The molecule has 2 saturated carbocycles. The van der Waals surface area contributed by atoms with Crippen molar-refractivity contribution in [1.82, 2.24) is 43.8 Å². The Bertz CT molecular complexity index is 2250. The van der Waals surface area contributed by atoms with Crippen molar-refractivity contribution in [2.75, 3.05) is 13.7 Å². The lowest BCUT2D eigenvalue weighted by Gasteiger charge is -2.15. The van der Waals surface area contributed by atoms with Gasteiger partial charge in [0.05, 0.1) is 44.3 Å². The van der Waals surface area contributed by atoms with Crippen LogP contribution in [0.25, 0.3) is 44.9 Å². The second kappa shape index (κ2) is 11.9. The second-order valence-corrected chi connectivity index (χ2v) is 12.3. The van der Waals surface area contributed by atoms with Crippen LogP contribution in [0.2, 0.25) is 0 Å². The standard InChI is InChI=1S/C34H30F3N9O3/c1-49-32-27(28(20-6-7-20)39-18-40-32)29-38-13-22-12-25(23-14-41-44(16-23)10-11-47)33(48)46(31(22)43-29)15-19-2-4-21(5-3-19)30-42-26(34(35,36)37)17-45(30)24-8-9-24/h2-5,12-14,16-18,20,24,47H,6-11,15H2,1H3. The number of nitrogens with zero attached hydrogens (tertiary/aromatic N) is 9. The number of pyridine rings is 1. The molecular weight excluding hydrogens is 639 g/mol. The average Bonchev–Trinajstić information content (AvgIpc) is 4.04. The Balaban J connectivity index is 1.23. The van der Waals surface area contributed by atoms with Crippen molar-refractivity contribution < 1.29 is 23.0 Å². The van der Waals surface area contributed by atoms with Gasteiger partial charge in [0.15, 0.2) is 11.5 Å². The predicted molar refractivity (Wildman–Crippen MR) is 172 cm³/mol. The number of benzene rings is 1. The number of methoxy groups -OCH3 is 1. The van der Waals surface area contributed by atoms with Crippen LogP contribution in [0.3, 0.4) is 0 Å². The average molecular weight is 670 g/mol. The van der Waals surface area contributed by atoms with E-state index in [2.05, 4.69) is 25.0 Å². The molecule has 0 amide bonds. The van der Waals surface area contributed by atoms with Crippen molar-refractivity contribution >= 4 is 11.0 Å². The maximum atomic E-state index is 14.3. The van der Waals surface area contributed by atoms with E-state index < -0.39 is 11.9 Å². The molecule has 0 unspecified atom stereocenters. The van der Waals surface area contributed by atoms with Gasteiger partial charge in [-0.2, -0.15) is 18.3 Å². The summed E-state index contributed by atoms with van der Waals surface area (Å²) in [5.74, 6) is 1.17. The summed E-state index contributed by atoms with van der Waals surface area (Å²) in [4.78, 5) is 36.6. The summed E-state index contributed by atoms with van der Waals surface area (Å²) in [6.07, 6.45) is 6.47. The minimum atomic E-state index is -4.55. The summed E-state index contributed by atoms with van der Waals surface area (Å²) in [6, 6.07) is 8.72. The normalized spacial score (nSPS) is 14.9. The Labute approximate surface area is 276 Å². The van der Waals surface area contributed by atoms with Crippen LogP contribution in [0.5, 0.6) is 5.88 Å². The van der Waals surface area contributed by atoms with E-state index in [9.17, 15) is 23.1 Å². The topological polar surface area (TPSA) is 139 Å². The molecule has 250 valence electrons. The number of halogens is 3. The van der Waals surface area contributed by atoms with Crippen molar-refractivity contribution in [2.24, 2.45) is 0 Å². The van der Waals surface area contributed by atoms with Crippen LogP contribution >= 0.6 is 0 Å². The molecule has 15 heteroatoms. The van der Waals surface area contributed by atoms with Gasteiger partial charge in [0, 0.05) is 47.1 Å². The van der Waals surface area contributed by atoms with Gasteiger partial charge in [-0.1, -0.05) is 24.3 Å². The van der Waals surface area contributed by atoms with Gasteiger partial charge in [0.25, 0.3) is 5.56 Å². The number of ether oxygens (including phenoxy) is 1. The van der Waals surface area contributed by atoms with Gasteiger partial charge in [0.2, 0.25) is 5.88 Å². The highest BCUT2D eigenvalue weighted by Crippen LogP contribution is 2.45. The van der Waals surface area contributed by atoms with Crippen LogP contribution in [-0.4, -0.2) is 62.7 Å². The van der Waals surface area contributed by atoms with E-state index in [-0.39, 0.29) is 43.0 Å². The molecule has 0 bridgehead atoms. The maximum absolute atomic E-state index is 14.3. The van der Waals surface area contributed by atoms with Crippen LogP contribution in [0.4, 0.5) is 13.2 Å². The summed E-state index contributed by atoms with van der Waals surface area (Å²) >= 11 is 0. The van der Waals surface area contributed by atoms with E-state index in [0.717, 1.165) is 43.1 Å². The van der Waals surface area contributed by atoms with Crippen molar-refractivity contribution in [3.63, 3.8) is 0 Å². The number of rotatable bonds is 10. The fraction of sp³-hybridized carbons (Fsp3) is 0.324. The smallest absolute Gasteiger partial charge is 0.434 e.